The minimum Gasteiger partial charge on any atom is -0.487 e. The smallest absolute Gasteiger partial charge is 0.133 e. The Hall–Kier alpha value is -1.10. The molecule has 1 aromatic carbocycles. The summed E-state index contributed by atoms with van der Waals surface area (Å²) in [7, 11) is 0. The lowest BCUT2D eigenvalue weighted by Crippen LogP contribution is -2.45. The van der Waals surface area contributed by atoms with Crippen molar-refractivity contribution in [3.05, 3.63) is 29.3 Å². The number of hydrogen-bond donors (Lipinski definition) is 3. The minimum absolute atomic E-state index is 0.00562. The van der Waals surface area contributed by atoms with E-state index in [1.807, 2.05) is 6.07 Å². The SMILES string of the molecule is CC(O)(CO)C1Cc2cc(CO)ccc2O1. The molecular weight excluding hydrogens is 208 g/mol. The zero-order valence-corrected chi connectivity index (χ0v) is 9.18. The third-order valence-corrected chi connectivity index (χ3v) is 3.00. The molecule has 4 heteroatoms. The van der Waals surface area contributed by atoms with E-state index < -0.39 is 11.7 Å². The molecule has 1 aromatic rings. The van der Waals surface area contributed by atoms with Crippen LogP contribution in [-0.2, 0) is 13.0 Å². The first-order valence-electron chi connectivity index (χ1n) is 5.29. The Morgan fingerprint density at radius 1 is 1.44 bits per heavy atom. The molecule has 16 heavy (non-hydrogen) atoms. The van der Waals surface area contributed by atoms with Gasteiger partial charge in [-0.1, -0.05) is 6.07 Å². The van der Waals surface area contributed by atoms with Gasteiger partial charge in [0.05, 0.1) is 13.2 Å². The second-order valence-corrected chi connectivity index (χ2v) is 4.43. The van der Waals surface area contributed by atoms with Gasteiger partial charge >= 0.3 is 0 Å². The normalized spacial score (nSPS) is 22.4. The average Bonchev–Trinajstić information content (AvgIpc) is 2.72. The van der Waals surface area contributed by atoms with Crippen molar-refractivity contribution in [2.24, 2.45) is 0 Å². The van der Waals surface area contributed by atoms with E-state index in [1.165, 1.54) is 0 Å². The highest BCUT2D eigenvalue weighted by atomic mass is 16.5. The van der Waals surface area contributed by atoms with Gasteiger partial charge in [-0.15, -0.1) is 0 Å². The zero-order chi connectivity index (χ0) is 11.8. The van der Waals surface area contributed by atoms with Crippen LogP contribution in [0.5, 0.6) is 5.75 Å². The van der Waals surface area contributed by atoms with E-state index in [-0.39, 0.29) is 13.2 Å². The predicted molar refractivity (Wildman–Crippen MR) is 58.2 cm³/mol. The van der Waals surface area contributed by atoms with Crippen molar-refractivity contribution >= 4 is 0 Å². The maximum atomic E-state index is 9.90. The molecule has 0 aromatic heterocycles. The van der Waals surface area contributed by atoms with Gasteiger partial charge in [-0.2, -0.15) is 0 Å². The maximum absolute atomic E-state index is 9.90. The Morgan fingerprint density at radius 3 is 2.81 bits per heavy atom. The van der Waals surface area contributed by atoms with Gasteiger partial charge in [0.25, 0.3) is 0 Å². The molecule has 1 aliphatic rings. The van der Waals surface area contributed by atoms with Crippen LogP contribution in [0.1, 0.15) is 18.1 Å². The molecule has 2 unspecified atom stereocenters. The number of aliphatic hydroxyl groups is 3. The molecule has 0 aliphatic carbocycles. The first-order chi connectivity index (χ1) is 7.56. The highest BCUT2D eigenvalue weighted by Crippen LogP contribution is 2.33. The van der Waals surface area contributed by atoms with Gasteiger partial charge in [-0.25, -0.2) is 0 Å². The predicted octanol–water partition coefficient (Wildman–Crippen LogP) is 0.226. The molecule has 2 atom stereocenters. The summed E-state index contributed by atoms with van der Waals surface area (Å²) >= 11 is 0. The van der Waals surface area contributed by atoms with Crippen molar-refractivity contribution in [3.63, 3.8) is 0 Å². The summed E-state index contributed by atoms with van der Waals surface area (Å²) in [6.07, 6.45) is 0.123. The van der Waals surface area contributed by atoms with Gasteiger partial charge in [0, 0.05) is 6.42 Å². The third kappa shape index (κ3) is 1.91. The first kappa shape index (κ1) is 11.4. The zero-order valence-electron chi connectivity index (χ0n) is 9.18. The van der Waals surface area contributed by atoms with Crippen molar-refractivity contribution in [2.45, 2.75) is 31.7 Å². The van der Waals surface area contributed by atoms with Gasteiger partial charge in [-0.05, 0) is 30.2 Å². The molecule has 4 nitrogen and oxygen atoms in total. The van der Waals surface area contributed by atoms with Crippen LogP contribution in [0.25, 0.3) is 0 Å². The number of hydrogen-bond acceptors (Lipinski definition) is 4. The molecule has 0 bridgehead atoms. The standard InChI is InChI=1S/C12H16O4/c1-12(15,7-14)11-5-9-4-8(6-13)2-3-10(9)16-11/h2-4,11,13-15H,5-7H2,1H3. The van der Waals surface area contributed by atoms with Crippen LogP contribution in [0.4, 0.5) is 0 Å². The second-order valence-electron chi connectivity index (χ2n) is 4.43. The van der Waals surface area contributed by atoms with E-state index in [0.717, 1.165) is 16.9 Å². The molecule has 0 amide bonds. The van der Waals surface area contributed by atoms with Gasteiger partial charge < -0.3 is 20.1 Å². The number of ether oxygens (including phenoxy) is 1. The number of benzene rings is 1. The lowest BCUT2D eigenvalue weighted by Gasteiger charge is -2.26. The molecule has 0 radical (unpaired) electrons. The van der Waals surface area contributed by atoms with Crippen molar-refractivity contribution in [1.82, 2.24) is 0 Å². The molecule has 88 valence electrons. The molecule has 3 N–H and O–H groups in total. The Kier molecular flexibility index (Phi) is 2.88. The molecule has 2 rings (SSSR count). The van der Waals surface area contributed by atoms with E-state index in [1.54, 1.807) is 19.1 Å². The molecule has 0 fully saturated rings. The highest BCUT2D eigenvalue weighted by molar-refractivity contribution is 5.41. The van der Waals surface area contributed by atoms with E-state index in [2.05, 4.69) is 0 Å². The Morgan fingerprint density at radius 2 is 2.19 bits per heavy atom. The topological polar surface area (TPSA) is 69.9 Å². The van der Waals surface area contributed by atoms with Gasteiger partial charge in [0.2, 0.25) is 0 Å². The molecule has 1 aliphatic heterocycles. The third-order valence-electron chi connectivity index (χ3n) is 3.00. The summed E-state index contributed by atoms with van der Waals surface area (Å²) in [5, 5.41) is 28.0. The second kappa shape index (κ2) is 4.05. The molecular formula is C12H16O4. The van der Waals surface area contributed by atoms with Crippen LogP contribution in [0.15, 0.2) is 18.2 Å². The van der Waals surface area contributed by atoms with Gasteiger partial charge in [0.15, 0.2) is 0 Å². The number of rotatable bonds is 3. The van der Waals surface area contributed by atoms with Gasteiger partial charge in [0.1, 0.15) is 17.5 Å². The van der Waals surface area contributed by atoms with Crippen LogP contribution in [0.3, 0.4) is 0 Å². The quantitative estimate of drug-likeness (QED) is 0.687. The van der Waals surface area contributed by atoms with Crippen LogP contribution < -0.4 is 4.74 Å². The average molecular weight is 224 g/mol. The van der Waals surface area contributed by atoms with Crippen LogP contribution in [-0.4, -0.2) is 33.6 Å². The summed E-state index contributed by atoms with van der Waals surface area (Å²) in [4.78, 5) is 0. The fourth-order valence-corrected chi connectivity index (χ4v) is 1.85. The van der Waals surface area contributed by atoms with Crippen molar-refractivity contribution in [1.29, 1.82) is 0 Å². The lowest BCUT2D eigenvalue weighted by molar-refractivity contribution is -0.0729. The largest absolute Gasteiger partial charge is 0.487 e. The lowest BCUT2D eigenvalue weighted by atomic mass is 9.95. The van der Waals surface area contributed by atoms with Crippen LogP contribution in [0.2, 0.25) is 0 Å². The summed E-state index contributed by atoms with van der Waals surface area (Å²) in [6.45, 7) is 1.21. The van der Waals surface area contributed by atoms with Crippen molar-refractivity contribution in [2.75, 3.05) is 6.61 Å². The highest BCUT2D eigenvalue weighted by Gasteiger charge is 2.37. The summed E-state index contributed by atoms with van der Waals surface area (Å²) in [5.74, 6) is 0.718. The maximum Gasteiger partial charge on any atom is 0.133 e. The monoisotopic (exact) mass is 224 g/mol. The van der Waals surface area contributed by atoms with Crippen LogP contribution >= 0.6 is 0 Å². The van der Waals surface area contributed by atoms with E-state index in [9.17, 15) is 5.11 Å². The Bertz CT molecular complexity index is 387. The van der Waals surface area contributed by atoms with Crippen molar-refractivity contribution < 1.29 is 20.1 Å². The molecule has 1 heterocycles. The summed E-state index contributed by atoms with van der Waals surface area (Å²) in [5.41, 5.74) is 0.551. The van der Waals surface area contributed by atoms with Crippen molar-refractivity contribution in [3.8, 4) is 5.75 Å². The Balaban J connectivity index is 2.21. The Labute approximate surface area is 94.1 Å². The fraction of sp³-hybridized carbons (Fsp3) is 0.500. The first-order valence-corrected chi connectivity index (χ1v) is 5.29. The van der Waals surface area contributed by atoms with Gasteiger partial charge in [-0.3, -0.25) is 0 Å². The minimum atomic E-state index is -1.24. The van der Waals surface area contributed by atoms with E-state index in [4.69, 9.17) is 14.9 Å². The molecule has 0 spiro atoms. The molecule has 0 saturated heterocycles. The van der Waals surface area contributed by atoms with Crippen LogP contribution in [0, 0.1) is 0 Å². The molecule has 0 saturated carbocycles. The van der Waals surface area contributed by atoms with E-state index in [0.29, 0.717) is 6.42 Å². The fourth-order valence-electron chi connectivity index (χ4n) is 1.85. The van der Waals surface area contributed by atoms with E-state index >= 15 is 0 Å². The summed E-state index contributed by atoms with van der Waals surface area (Å²) in [6, 6.07) is 5.44. The summed E-state index contributed by atoms with van der Waals surface area (Å²) < 4.78 is 5.57. The number of aliphatic hydroxyl groups excluding tert-OH is 2. The number of fused-ring (bicyclic) bond motifs is 1.